The Hall–Kier alpha value is -3.68. The Morgan fingerprint density at radius 3 is 2.81 bits per heavy atom. The Bertz CT molecular complexity index is 1350. The fourth-order valence-corrected chi connectivity index (χ4v) is 4.50. The third-order valence-electron chi connectivity index (χ3n) is 6.05. The number of aryl methyl sites for hydroxylation is 2. The SMILES string of the molecule is Cc1cc(-c2cc3c(n4cnnc24)NCc2c(F)ccc4c2[C@@H](CO4)CO3)c(C)cn1. The van der Waals surface area contributed by atoms with Crippen LogP contribution in [0.4, 0.5) is 10.2 Å². The zero-order valence-electron chi connectivity index (χ0n) is 17.1. The van der Waals surface area contributed by atoms with Crippen LogP contribution in [-0.4, -0.2) is 32.8 Å². The molecule has 4 aromatic rings. The summed E-state index contributed by atoms with van der Waals surface area (Å²) in [6.07, 6.45) is 3.50. The Morgan fingerprint density at radius 1 is 1.10 bits per heavy atom. The number of pyridine rings is 2. The van der Waals surface area contributed by atoms with Crippen LogP contribution in [0.1, 0.15) is 28.3 Å². The summed E-state index contributed by atoms with van der Waals surface area (Å²) in [5, 5.41) is 11.9. The van der Waals surface area contributed by atoms with Crippen LogP contribution in [0.3, 0.4) is 0 Å². The van der Waals surface area contributed by atoms with E-state index in [1.165, 1.54) is 6.07 Å². The third kappa shape index (κ3) is 2.74. The van der Waals surface area contributed by atoms with Gasteiger partial charge in [-0.1, -0.05) is 0 Å². The number of aromatic nitrogens is 4. The number of halogens is 1. The molecule has 1 N–H and O–H groups in total. The Balaban J connectivity index is 1.54. The van der Waals surface area contributed by atoms with Gasteiger partial charge in [-0.15, -0.1) is 10.2 Å². The lowest BCUT2D eigenvalue weighted by atomic mass is 9.96. The quantitative estimate of drug-likeness (QED) is 0.504. The van der Waals surface area contributed by atoms with E-state index >= 15 is 0 Å². The maximum Gasteiger partial charge on any atom is 0.170 e. The molecule has 1 aromatic carbocycles. The summed E-state index contributed by atoms with van der Waals surface area (Å²) in [5.74, 6) is 1.82. The first-order valence-corrected chi connectivity index (χ1v) is 10.2. The van der Waals surface area contributed by atoms with Crippen molar-refractivity contribution in [1.29, 1.82) is 0 Å². The van der Waals surface area contributed by atoms with E-state index in [0.29, 0.717) is 42.5 Å². The number of ether oxygens (including phenoxy) is 2. The zero-order chi connectivity index (χ0) is 21.1. The van der Waals surface area contributed by atoms with E-state index in [1.807, 2.05) is 36.6 Å². The summed E-state index contributed by atoms with van der Waals surface area (Å²) < 4.78 is 28.7. The number of rotatable bonds is 1. The zero-order valence-corrected chi connectivity index (χ0v) is 17.1. The van der Waals surface area contributed by atoms with Gasteiger partial charge in [0.2, 0.25) is 0 Å². The molecule has 3 aromatic heterocycles. The van der Waals surface area contributed by atoms with Gasteiger partial charge >= 0.3 is 0 Å². The summed E-state index contributed by atoms with van der Waals surface area (Å²) in [6, 6.07) is 7.18. The molecule has 31 heavy (non-hydrogen) atoms. The molecule has 6 rings (SSSR count). The van der Waals surface area contributed by atoms with Gasteiger partial charge in [0, 0.05) is 35.1 Å². The monoisotopic (exact) mass is 417 g/mol. The highest BCUT2D eigenvalue weighted by Crippen LogP contribution is 2.42. The molecule has 0 amide bonds. The molecule has 0 saturated heterocycles. The second-order valence-corrected chi connectivity index (χ2v) is 8.05. The number of hydrogen-bond acceptors (Lipinski definition) is 6. The van der Waals surface area contributed by atoms with Gasteiger partial charge in [-0.05, 0) is 49.2 Å². The van der Waals surface area contributed by atoms with Gasteiger partial charge in [-0.25, -0.2) is 4.39 Å². The second kappa shape index (κ2) is 6.66. The fraction of sp³-hybridized carbons (Fsp3) is 0.261. The number of hydrogen-bond donors (Lipinski definition) is 1. The summed E-state index contributed by atoms with van der Waals surface area (Å²) in [4.78, 5) is 4.38. The number of nitrogens with zero attached hydrogens (tertiary/aromatic N) is 4. The normalized spacial score (nSPS) is 16.9. The van der Waals surface area contributed by atoms with Crippen LogP contribution < -0.4 is 14.8 Å². The van der Waals surface area contributed by atoms with E-state index in [1.54, 1.807) is 12.4 Å². The largest absolute Gasteiger partial charge is 0.493 e. The molecule has 2 aliphatic rings. The molecule has 8 heteroatoms. The fourth-order valence-electron chi connectivity index (χ4n) is 4.50. The summed E-state index contributed by atoms with van der Waals surface area (Å²) >= 11 is 0. The average molecular weight is 417 g/mol. The predicted octanol–water partition coefficient (Wildman–Crippen LogP) is 4.03. The van der Waals surface area contributed by atoms with Gasteiger partial charge < -0.3 is 14.8 Å². The van der Waals surface area contributed by atoms with Crippen molar-refractivity contribution in [1.82, 2.24) is 19.6 Å². The van der Waals surface area contributed by atoms with Crippen LogP contribution in [0.2, 0.25) is 0 Å². The van der Waals surface area contributed by atoms with Gasteiger partial charge in [0.25, 0.3) is 0 Å². The van der Waals surface area contributed by atoms with Crippen LogP contribution >= 0.6 is 0 Å². The summed E-state index contributed by atoms with van der Waals surface area (Å²) in [7, 11) is 0. The first-order valence-electron chi connectivity index (χ1n) is 10.2. The van der Waals surface area contributed by atoms with Crippen LogP contribution in [0, 0.1) is 19.7 Å². The van der Waals surface area contributed by atoms with Crippen molar-refractivity contribution < 1.29 is 13.9 Å². The van der Waals surface area contributed by atoms with Crippen molar-refractivity contribution in [2.24, 2.45) is 0 Å². The molecule has 0 unspecified atom stereocenters. The average Bonchev–Trinajstić information content (AvgIpc) is 3.41. The minimum atomic E-state index is -0.246. The molecule has 2 aliphatic heterocycles. The van der Waals surface area contributed by atoms with Gasteiger partial charge in [0.05, 0.1) is 19.1 Å². The van der Waals surface area contributed by atoms with Crippen LogP contribution in [0.5, 0.6) is 11.5 Å². The Morgan fingerprint density at radius 2 is 1.94 bits per heavy atom. The lowest BCUT2D eigenvalue weighted by Gasteiger charge is -2.17. The van der Waals surface area contributed by atoms with Crippen LogP contribution in [0.15, 0.2) is 36.8 Å². The minimum Gasteiger partial charge on any atom is -0.493 e. The standard InChI is InChI=1S/C23H20FN5O2/c1-12-7-25-13(2)5-15(12)16-6-20-23(29-11-27-28-22(16)29)26-8-17-18(24)3-4-19-21(17)14(9-30-19)10-31-20/h3-7,11,14,26H,8-10H2,1-2H3/t14-/m0/s1. The number of benzene rings is 1. The number of anilines is 1. The first-order chi connectivity index (χ1) is 15.1. The van der Waals surface area contributed by atoms with E-state index in [0.717, 1.165) is 33.7 Å². The Kier molecular flexibility index (Phi) is 3.89. The van der Waals surface area contributed by atoms with Crippen LogP contribution in [0.25, 0.3) is 16.8 Å². The molecule has 0 radical (unpaired) electrons. The lowest BCUT2D eigenvalue weighted by molar-refractivity contribution is 0.249. The number of nitrogens with one attached hydrogen (secondary N) is 1. The molecule has 0 aliphatic carbocycles. The molecule has 0 saturated carbocycles. The highest BCUT2D eigenvalue weighted by molar-refractivity contribution is 5.83. The van der Waals surface area contributed by atoms with E-state index in [9.17, 15) is 4.39 Å². The lowest BCUT2D eigenvalue weighted by Crippen LogP contribution is -2.13. The summed E-state index contributed by atoms with van der Waals surface area (Å²) in [5.41, 5.74) is 6.09. The van der Waals surface area contributed by atoms with Crippen molar-refractivity contribution in [2.75, 3.05) is 18.5 Å². The third-order valence-corrected chi connectivity index (χ3v) is 6.05. The maximum atomic E-state index is 14.7. The second-order valence-electron chi connectivity index (χ2n) is 8.05. The minimum absolute atomic E-state index is 0.0292. The number of fused-ring (bicyclic) bond motifs is 3. The molecular formula is C23H20FN5O2. The van der Waals surface area contributed by atoms with E-state index < -0.39 is 0 Å². The highest BCUT2D eigenvalue weighted by Gasteiger charge is 2.31. The summed E-state index contributed by atoms with van der Waals surface area (Å²) in [6.45, 7) is 5.16. The van der Waals surface area contributed by atoms with Gasteiger partial charge in [0.1, 0.15) is 17.9 Å². The van der Waals surface area contributed by atoms with Crippen molar-refractivity contribution in [3.63, 3.8) is 0 Å². The molecule has 1 atom stereocenters. The van der Waals surface area contributed by atoms with Gasteiger partial charge in [0.15, 0.2) is 17.2 Å². The molecule has 7 nitrogen and oxygen atoms in total. The molecular weight excluding hydrogens is 397 g/mol. The molecule has 156 valence electrons. The van der Waals surface area contributed by atoms with Crippen molar-refractivity contribution in [2.45, 2.75) is 26.3 Å². The molecule has 0 bridgehead atoms. The highest BCUT2D eigenvalue weighted by atomic mass is 19.1. The molecule has 5 heterocycles. The topological polar surface area (TPSA) is 73.6 Å². The predicted molar refractivity (Wildman–Crippen MR) is 113 cm³/mol. The maximum absolute atomic E-state index is 14.7. The van der Waals surface area contributed by atoms with Crippen molar-refractivity contribution in [3.05, 3.63) is 65.0 Å². The van der Waals surface area contributed by atoms with Gasteiger partial charge in [-0.2, -0.15) is 0 Å². The van der Waals surface area contributed by atoms with Crippen LogP contribution in [-0.2, 0) is 6.54 Å². The molecule has 0 spiro atoms. The first kappa shape index (κ1) is 18.1. The Labute approximate surface area is 177 Å². The molecule has 0 fully saturated rings. The smallest absolute Gasteiger partial charge is 0.170 e. The van der Waals surface area contributed by atoms with E-state index in [-0.39, 0.29) is 11.7 Å². The van der Waals surface area contributed by atoms with E-state index in [2.05, 4.69) is 20.5 Å². The van der Waals surface area contributed by atoms with Crippen molar-refractivity contribution >= 4 is 11.5 Å². The van der Waals surface area contributed by atoms with E-state index in [4.69, 9.17) is 9.47 Å². The van der Waals surface area contributed by atoms with Crippen molar-refractivity contribution in [3.8, 4) is 22.6 Å². The van der Waals surface area contributed by atoms with Gasteiger partial charge in [-0.3, -0.25) is 9.38 Å².